The second-order valence-electron chi connectivity index (χ2n) is 6.70. The summed E-state index contributed by atoms with van der Waals surface area (Å²) in [4.78, 5) is 31.3. The highest BCUT2D eigenvalue weighted by Gasteiger charge is 2.24. The van der Waals surface area contributed by atoms with Crippen molar-refractivity contribution in [3.63, 3.8) is 0 Å². The molecule has 1 aromatic carbocycles. The minimum absolute atomic E-state index is 0.00748. The number of carbonyl (C=O) groups is 2. The number of amides is 2. The van der Waals surface area contributed by atoms with E-state index in [1.165, 1.54) is 0 Å². The third kappa shape index (κ3) is 3.72. The number of nitrogens with one attached hydrogen (secondary N) is 1. The van der Waals surface area contributed by atoms with Crippen molar-refractivity contribution in [1.82, 2.24) is 19.7 Å². The summed E-state index contributed by atoms with van der Waals surface area (Å²) >= 11 is 0. The first-order valence-corrected chi connectivity index (χ1v) is 9.17. The lowest BCUT2D eigenvalue weighted by molar-refractivity contribution is -0.116. The van der Waals surface area contributed by atoms with Crippen LogP contribution >= 0.6 is 0 Å². The van der Waals surface area contributed by atoms with Crippen molar-refractivity contribution in [3.8, 4) is 0 Å². The van der Waals surface area contributed by atoms with Crippen LogP contribution < -0.4 is 5.32 Å². The lowest BCUT2D eigenvalue weighted by atomic mass is 10.2. The summed E-state index contributed by atoms with van der Waals surface area (Å²) in [6.07, 6.45) is 1.69. The smallest absolute Gasteiger partial charge is 0.275 e. The summed E-state index contributed by atoms with van der Waals surface area (Å²) < 4.78 is 6.88. The van der Waals surface area contributed by atoms with Crippen molar-refractivity contribution in [1.29, 1.82) is 0 Å². The van der Waals surface area contributed by atoms with Gasteiger partial charge < -0.3 is 15.0 Å². The van der Waals surface area contributed by atoms with Crippen LogP contribution in [0, 0.1) is 6.92 Å². The molecule has 0 atom stereocenters. The number of hydrogen-bond donors (Lipinski definition) is 1. The Kier molecular flexibility index (Phi) is 5.03. The van der Waals surface area contributed by atoms with Crippen LogP contribution in [-0.4, -0.2) is 57.8 Å². The maximum atomic E-state index is 12.9. The summed E-state index contributed by atoms with van der Waals surface area (Å²) in [6.45, 7) is 4.06. The van der Waals surface area contributed by atoms with Crippen LogP contribution in [0.2, 0.25) is 0 Å². The van der Waals surface area contributed by atoms with E-state index < -0.39 is 0 Å². The third-order valence-corrected chi connectivity index (χ3v) is 4.63. The molecule has 1 aliphatic rings. The molecule has 2 aromatic heterocycles. The highest BCUT2D eigenvalue weighted by atomic mass is 16.5. The highest BCUT2D eigenvalue weighted by molar-refractivity contribution is 6.05. The number of aryl methyl sites for hydroxylation is 1. The SMILES string of the molecule is Cc1ccc(NC(=O)Cn2nc(C(=O)N3CCOCC3)c3ccccc32)nc1. The van der Waals surface area contributed by atoms with Gasteiger partial charge in [0, 0.05) is 24.7 Å². The van der Waals surface area contributed by atoms with Gasteiger partial charge in [0.2, 0.25) is 5.91 Å². The fraction of sp³-hybridized carbons (Fsp3) is 0.300. The van der Waals surface area contributed by atoms with Gasteiger partial charge in [-0.2, -0.15) is 5.10 Å². The van der Waals surface area contributed by atoms with Crippen molar-refractivity contribution in [2.75, 3.05) is 31.6 Å². The van der Waals surface area contributed by atoms with Crippen LogP contribution in [-0.2, 0) is 16.1 Å². The van der Waals surface area contributed by atoms with E-state index in [1.54, 1.807) is 21.8 Å². The van der Waals surface area contributed by atoms with E-state index in [2.05, 4.69) is 15.4 Å². The van der Waals surface area contributed by atoms with Crippen molar-refractivity contribution in [2.45, 2.75) is 13.5 Å². The number of anilines is 1. The van der Waals surface area contributed by atoms with Crippen LogP contribution in [0.5, 0.6) is 0 Å². The number of benzene rings is 1. The zero-order chi connectivity index (χ0) is 19.5. The summed E-state index contributed by atoms with van der Waals surface area (Å²) in [5.41, 5.74) is 2.12. The van der Waals surface area contributed by atoms with E-state index in [0.29, 0.717) is 37.8 Å². The van der Waals surface area contributed by atoms with Crippen LogP contribution in [0.25, 0.3) is 10.9 Å². The Labute approximate surface area is 162 Å². The molecule has 1 N–H and O–H groups in total. The largest absolute Gasteiger partial charge is 0.378 e. The van der Waals surface area contributed by atoms with Gasteiger partial charge in [0.15, 0.2) is 5.69 Å². The number of pyridine rings is 1. The molecule has 0 unspecified atom stereocenters. The average Bonchev–Trinajstić information content (AvgIpc) is 3.08. The van der Waals surface area contributed by atoms with Crippen LogP contribution in [0.4, 0.5) is 5.82 Å². The van der Waals surface area contributed by atoms with Gasteiger partial charge in [-0.05, 0) is 24.6 Å². The van der Waals surface area contributed by atoms with Crippen LogP contribution in [0.3, 0.4) is 0 Å². The van der Waals surface area contributed by atoms with Gasteiger partial charge in [0.05, 0.1) is 18.7 Å². The normalized spacial score (nSPS) is 14.2. The van der Waals surface area contributed by atoms with Crippen molar-refractivity contribution in [3.05, 3.63) is 53.9 Å². The van der Waals surface area contributed by atoms with Crippen LogP contribution in [0.15, 0.2) is 42.6 Å². The Morgan fingerprint density at radius 3 is 2.68 bits per heavy atom. The molecule has 28 heavy (non-hydrogen) atoms. The van der Waals surface area contributed by atoms with E-state index in [9.17, 15) is 9.59 Å². The van der Waals surface area contributed by atoms with E-state index in [1.807, 2.05) is 37.3 Å². The summed E-state index contributed by atoms with van der Waals surface area (Å²) in [5.74, 6) is 0.0884. The Bertz CT molecular complexity index is 1010. The molecular formula is C20H21N5O3. The van der Waals surface area contributed by atoms with E-state index >= 15 is 0 Å². The van der Waals surface area contributed by atoms with Crippen LogP contribution in [0.1, 0.15) is 16.1 Å². The first-order chi connectivity index (χ1) is 13.6. The molecule has 3 aromatic rings. The maximum absolute atomic E-state index is 12.9. The number of morpholine rings is 1. The fourth-order valence-corrected chi connectivity index (χ4v) is 3.18. The fourth-order valence-electron chi connectivity index (χ4n) is 3.18. The average molecular weight is 379 g/mol. The van der Waals surface area contributed by atoms with Crippen molar-refractivity contribution < 1.29 is 14.3 Å². The molecule has 0 aliphatic carbocycles. The molecule has 0 bridgehead atoms. The summed E-state index contributed by atoms with van der Waals surface area (Å²) in [7, 11) is 0. The third-order valence-electron chi connectivity index (χ3n) is 4.63. The molecule has 1 fully saturated rings. The molecule has 2 amide bonds. The van der Waals surface area contributed by atoms with Gasteiger partial charge in [-0.3, -0.25) is 14.3 Å². The molecule has 0 spiro atoms. The zero-order valence-electron chi connectivity index (χ0n) is 15.6. The molecule has 3 heterocycles. The number of hydrogen-bond acceptors (Lipinski definition) is 5. The van der Waals surface area contributed by atoms with Gasteiger partial charge in [-0.1, -0.05) is 24.3 Å². The zero-order valence-corrected chi connectivity index (χ0v) is 15.6. The van der Waals surface area contributed by atoms with Crippen molar-refractivity contribution >= 4 is 28.5 Å². The predicted octanol–water partition coefficient (Wildman–Crippen LogP) is 1.85. The quantitative estimate of drug-likeness (QED) is 0.747. The molecule has 0 saturated carbocycles. The lowest BCUT2D eigenvalue weighted by Crippen LogP contribution is -2.41. The summed E-state index contributed by atoms with van der Waals surface area (Å²) in [6, 6.07) is 11.1. The van der Waals surface area contributed by atoms with E-state index in [4.69, 9.17) is 4.74 Å². The number of fused-ring (bicyclic) bond motifs is 1. The Balaban J connectivity index is 1.58. The van der Waals surface area contributed by atoms with E-state index in [0.717, 1.165) is 16.5 Å². The molecular weight excluding hydrogens is 358 g/mol. The first-order valence-electron chi connectivity index (χ1n) is 9.17. The first kappa shape index (κ1) is 18.1. The van der Waals surface area contributed by atoms with Gasteiger partial charge in [0.1, 0.15) is 12.4 Å². The summed E-state index contributed by atoms with van der Waals surface area (Å²) in [5, 5.41) is 7.96. The molecule has 0 radical (unpaired) electrons. The lowest BCUT2D eigenvalue weighted by Gasteiger charge is -2.26. The number of para-hydroxylation sites is 1. The minimum Gasteiger partial charge on any atom is -0.378 e. The van der Waals surface area contributed by atoms with Gasteiger partial charge in [-0.25, -0.2) is 4.98 Å². The van der Waals surface area contributed by atoms with E-state index in [-0.39, 0.29) is 18.4 Å². The van der Waals surface area contributed by atoms with Crippen molar-refractivity contribution in [2.24, 2.45) is 0 Å². The Morgan fingerprint density at radius 2 is 1.93 bits per heavy atom. The predicted molar refractivity (Wildman–Crippen MR) is 104 cm³/mol. The molecule has 4 rings (SSSR count). The maximum Gasteiger partial charge on any atom is 0.275 e. The number of carbonyl (C=O) groups excluding carboxylic acids is 2. The second-order valence-corrected chi connectivity index (χ2v) is 6.70. The van der Waals surface area contributed by atoms with Gasteiger partial charge in [-0.15, -0.1) is 0 Å². The standard InChI is InChI=1S/C20H21N5O3/c1-14-6-7-17(21-12-14)22-18(26)13-25-16-5-3-2-4-15(16)19(23-25)20(27)24-8-10-28-11-9-24/h2-7,12H,8-11,13H2,1H3,(H,21,22,26). The van der Waals surface area contributed by atoms with Gasteiger partial charge >= 0.3 is 0 Å². The van der Waals surface area contributed by atoms with Gasteiger partial charge in [0.25, 0.3) is 5.91 Å². The number of aromatic nitrogens is 3. The molecule has 8 nitrogen and oxygen atoms in total. The molecule has 144 valence electrons. The number of ether oxygens (including phenoxy) is 1. The second kappa shape index (κ2) is 7.77. The molecule has 1 saturated heterocycles. The Morgan fingerprint density at radius 1 is 1.14 bits per heavy atom. The number of rotatable bonds is 4. The molecule has 8 heteroatoms. The highest BCUT2D eigenvalue weighted by Crippen LogP contribution is 2.20. The Hall–Kier alpha value is -3.26. The minimum atomic E-state index is -0.255. The monoisotopic (exact) mass is 379 g/mol. The molecule has 1 aliphatic heterocycles. The number of nitrogens with zero attached hydrogens (tertiary/aromatic N) is 4. The topological polar surface area (TPSA) is 89.4 Å².